The fourth-order valence-electron chi connectivity index (χ4n) is 6.09. The molecule has 0 saturated carbocycles. The number of fused-ring (bicyclic) bond motifs is 4. The molecule has 0 aliphatic heterocycles. The number of carboxylic acid groups (broad SMARTS) is 1. The zero-order chi connectivity index (χ0) is 24.0. The van der Waals surface area contributed by atoms with E-state index in [0.717, 1.165) is 41.4 Å². The average Bonchev–Trinajstić information content (AvgIpc) is 3.37. The molecule has 0 radical (unpaired) electrons. The molecule has 6 heteroatoms. The van der Waals surface area contributed by atoms with Crippen molar-refractivity contribution in [1.82, 2.24) is 9.47 Å². The van der Waals surface area contributed by atoms with E-state index in [0.29, 0.717) is 31.6 Å². The van der Waals surface area contributed by atoms with Crippen LogP contribution in [-0.4, -0.2) is 39.5 Å². The maximum atomic E-state index is 14.2. The highest BCUT2D eigenvalue weighted by Crippen LogP contribution is 2.37. The highest BCUT2D eigenvalue weighted by atomic mass is 19.1. The van der Waals surface area contributed by atoms with E-state index in [1.165, 1.54) is 23.3 Å². The van der Waals surface area contributed by atoms with Crippen LogP contribution in [0.2, 0.25) is 0 Å². The number of carbonyl (C=O) groups excluding carboxylic acids is 1. The van der Waals surface area contributed by atoms with Crippen LogP contribution in [0, 0.1) is 11.7 Å². The van der Waals surface area contributed by atoms with E-state index in [-0.39, 0.29) is 17.8 Å². The third-order valence-corrected chi connectivity index (χ3v) is 7.86. The number of nitrogens with zero attached hydrogens (tertiary/aromatic N) is 2. The number of hydrogen-bond donors (Lipinski definition) is 1. The average molecular weight is 463 g/mol. The van der Waals surface area contributed by atoms with Crippen molar-refractivity contribution >= 4 is 22.8 Å². The molecule has 0 spiro atoms. The summed E-state index contributed by atoms with van der Waals surface area (Å²) in [4.78, 5) is 27.1. The summed E-state index contributed by atoms with van der Waals surface area (Å²) < 4.78 is 16.1. The minimum Gasteiger partial charge on any atom is -0.480 e. The Bertz CT molecular complexity index is 1240. The smallest absolute Gasteiger partial charge is 0.326 e. The van der Waals surface area contributed by atoms with E-state index < -0.39 is 12.0 Å². The molecule has 2 atom stereocenters. The largest absolute Gasteiger partial charge is 0.480 e. The first-order valence-corrected chi connectivity index (χ1v) is 12.2. The lowest BCUT2D eigenvalue weighted by molar-refractivity contribution is -0.141. The van der Waals surface area contributed by atoms with E-state index in [1.54, 1.807) is 6.07 Å². The van der Waals surface area contributed by atoms with Gasteiger partial charge in [0.15, 0.2) is 0 Å². The lowest BCUT2D eigenvalue weighted by atomic mass is 9.89. The van der Waals surface area contributed by atoms with Gasteiger partial charge in [-0.15, -0.1) is 0 Å². The number of carboxylic acids is 1. The van der Waals surface area contributed by atoms with Crippen molar-refractivity contribution < 1.29 is 19.1 Å². The normalized spacial score (nSPS) is 18.5. The predicted octanol–water partition coefficient (Wildman–Crippen LogP) is 4.94. The Labute approximate surface area is 199 Å². The second-order valence-electron chi connectivity index (χ2n) is 9.87. The van der Waals surface area contributed by atoms with Gasteiger partial charge in [-0.05, 0) is 79.3 Å². The lowest BCUT2D eigenvalue weighted by Crippen LogP contribution is -2.41. The summed E-state index contributed by atoms with van der Waals surface area (Å²) in [5, 5.41) is 10.6. The molecule has 0 saturated heterocycles. The molecule has 2 aliphatic carbocycles. The van der Waals surface area contributed by atoms with Gasteiger partial charge in [0, 0.05) is 36.1 Å². The van der Waals surface area contributed by atoms with Crippen LogP contribution < -0.4 is 0 Å². The Morgan fingerprint density at radius 1 is 1.15 bits per heavy atom. The molecule has 3 aromatic rings. The van der Waals surface area contributed by atoms with Crippen LogP contribution >= 0.6 is 0 Å². The molecule has 5 rings (SSSR count). The van der Waals surface area contributed by atoms with Crippen molar-refractivity contribution in [2.45, 2.75) is 64.0 Å². The van der Waals surface area contributed by atoms with E-state index in [9.17, 15) is 19.1 Å². The number of hydrogen-bond acceptors (Lipinski definition) is 2. The first-order valence-electron chi connectivity index (χ1n) is 12.2. The van der Waals surface area contributed by atoms with Gasteiger partial charge in [-0.1, -0.05) is 31.2 Å². The first-order chi connectivity index (χ1) is 16.4. The van der Waals surface area contributed by atoms with Gasteiger partial charge in [-0.2, -0.15) is 0 Å². The molecule has 34 heavy (non-hydrogen) atoms. The molecule has 1 heterocycles. The van der Waals surface area contributed by atoms with Crippen LogP contribution in [0.5, 0.6) is 0 Å². The fourth-order valence-corrected chi connectivity index (χ4v) is 6.09. The zero-order valence-electron chi connectivity index (χ0n) is 19.8. The summed E-state index contributed by atoms with van der Waals surface area (Å²) in [6, 6.07) is 12.4. The SMILES string of the molecule is CCC(C(=O)O)n1c2c(c3cc(F)ccc31)C[C@@H](N(C)C(=O)CC1Cc3ccccc3C1)CC2. The third kappa shape index (κ3) is 3.89. The lowest BCUT2D eigenvalue weighted by Gasteiger charge is -2.33. The zero-order valence-corrected chi connectivity index (χ0v) is 19.8. The molecule has 0 fully saturated rings. The third-order valence-electron chi connectivity index (χ3n) is 7.86. The standard InChI is InChI=1S/C28H31FN2O3/c1-3-24(28(33)34)31-25-10-8-20(29)15-22(25)23-16-21(9-11-26(23)31)30(2)27(32)14-17-12-18-6-4-5-7-19(18)13-17/h4-8,10,15,17,21,24H,3,9,11-14,16H2,1-2H3,(H,33,34)/t21-,24?/m0/s1. The molecule has 1 aromatic heterocycles. The molecule has 178 valence electrons. The number of rotatable bonds is 6. The van der Waals surface area contributed by atoms with Gasteiger partial charge in [0.1, 0.15) is 11.9 Å². The summed E-state index contributed by atoms with van der Waals surface area (Å²) in [7, 11) is 1.88. The molecule has 5 nitrogen and oxygen atoms in total. The Kier molecular flexibility index (Phi) is 5.92. The molecule has 0 bridgehead atoms. The number of halogens is 1. The topological polar surface area (TPSA) is 62.5 Å². The molecular weight excluding hydrogens is 431 g/mol. The first kappa shape index (κ1) is 22.6. The van der Waals surface area contributed by atoms with Crippen molar-refractivity contribution in [2.75, 3.05) is 7.05 Å². The van der Waals surface area contributed by atoms with Crippen LogP contribution in [0.25, 0.3) is 10.9 Å². The summed E-state index contributed by atoms with van der Waals surface area (Å²) in [5.41, 5.74) is 5.42. The van der Waals surface area contributed by atoms with Crippen LogP contribution in [-0.2, 0) is 35.3 Å². The van der Waals surface area contributed by atoms with Gasteiger partial charge in [0.2, 0.25) is 5.91 Å². The quantitative estimate of drug-likeness (QED) is 0.565. The van der Waals surface area contributed by atoms with Crippen molar-refractivity contribution in [3.63, 3.8) is 0 Å². The summed E-state index contributed by atoms with van der Waals surface area (Å²) in [5.74, 6) is -0.719. The van der Waals surface area contributed by atoms with Crippen molar-refractivity contribution in [2.24, 2.45) is 5.92 Å². The molecule has 2 aromatic carbocycles. The highest BCUT2D eigenvalue weighted by molar-refractivity contribution is 5.88. The van der Waals surface area contributed by atoms with Crippen LogP contribution in [0.1, 0.15) is 54.6 Å². The molecule has 1 unspecified atom stereocenters. The van der Waals surface area contributed by atoms with Crippen molar-refractivity contribution in [3.05, 3.63) is 70.7 Å². The molecule has 1 N–H and O–H groups in total. The second-order valence-corrected chi connectivity index (χ2v) is 9.87. The number of carbonyl (C=O) groups is 2. The predicted molar refractivity (Wildman–Crippen MR) is 129 cm³/mol. The van der Waals surface area contributed by atoms with E-state index in [1.807, 2.05) is 23.4 Å². The number of amides is 1. The maximum Gasteiger partial charge on any atom is 0.326 e. The summed E-state index contributed by atoms with van der Waals surface area (Å²) in [6.45, 7) is 1.86. The number of likely N-dealkylation sites (N-methyl/N-ethyl adjacent to an activating group) is 1. The van der Waals surface area contributed by atoms with Gasteiger partial charge in [-0.25, -0.2) is 9.18 Å². The van der Waals surface area contributed by atoms with Gasteiger partial charge < -0.3 is 14.6 Å². The molecular formula is C28H31FN2O3. The van der Waals surface area contributed by atoms with Gasteiger partial charge >= 0.3 is 5.97 Å². The minimum absolute atomic E-state index is 0.0241. The summed E-state index contributed by atoms with van der Waals surface area (Å²) in [6.07, 6.45) is 4.94. The monoisotopic (exact) mass is 462 g/mol. The van der Waals surface area contributed by atoms with Gasteiger partial charge in [-0.3, -0.25) is 4.79 Å². The number of benzene rings is 2. The van der Waals surface area contributed by atoms with E-state index in [2.05, 4.69) is 24.3 Å². The Hall–Kier alpha value is -3.15. The van der Waals surface area contributed by atoms with Crippen LogP contribution in [0.3, 0.4) is 0 Å². The van der Waals surface area contributed by atoms with E-state index in [4.69, 9.17) is 0 Å². The van der Waals surface area contributed by atoms with Gasteiger partial charge in [0.05, 0.1) is 0 Å². The van der Waals surface area contributed by atoms with Gasteiger partial charge in [0.25, 0.3) is 0 Å². The minimum atomic E-state index is -0.876. The Balaban J connectivity index is 1.38. The Morgan fingerprint density at radius 3 is 2.50 bits per heavy atom. The summed E-state index contributed by atoms with van der Waals surface area (Å²) >= 11 is 0. The maximum absolute atomic E-state index is 14.2. The number of aliphatic carboxylic acids is 1. The molecule has 1 amide bonds. The fraction of sp³-hybridized carbons (Fsp3) is 0.429. The Morgan fingerprint density at radius 2 is 1.85 bits per heavy atom. The van der Waals surface area contributed by atoms with Crippen LogP contribution in [0.4, 0.5) is 4.39 Å². The van der Waals surface area contributed by atoms with Crippen molar-refractivity contribution in [3.8, 4) is 0 Å². The van der Waals surface area contributed by atoms with E-state index >= 15 is 0 Å². The van der Waals surface area contributed by atoms with Crippen molar-refractivity contribution in [1.29, 1.82) is 0 Å². The molecule has 2 aliphatic rings. The second kappa shape index (κ2) is 8.90. The highest BCUT2D eigenvalue weighted by Gasteiger charge is 2.33. The number of aromatic nitrogens is 1. The van der Waals surface area contributed by atoms with Crippen LogP contribution in [0.15, 0.2) is 42.5 Å².